The van der Waals surface area contributed by atoms with Gasteiger partial charge in [0.15, 0.2) is 0 Å². The van der Waals surface area contributed by atoms with Crippen molar-refractivity contribution in [2.45, 2.75) is 36.4 Å². The number of aliphatic hydroxyl groups is 1. The van der Waals surface area contributed by atoms with Gasteiger partial charge in [0.05, 0.1) is 17.7 Å². The van der Waals surface area contributed by atoms with Gasteiger partial charge in [0.1, 0.15) is 4.90 Å². The van der Waals surface area contributed by atoms with Gasteiger partial charge in [0.2, 0.25) is 10.0 Å². The zero-order chi connectivity index (χ0) is 22.1. The average Bonchev–Trinajstić information content (AvgIpc) is 2.96. The number of nitrogens with zero attached hydrogens (tertiary/aromatic N) is 2. The molecule has 0 amide bonds. The van der Waals surface area contributed by atoms with Crippen LogP contribution in [0.3, 0.4) is 0 Å². The van der Waals surface area contributed by atoms with Gasteiger partial charge >= 0.3 is 0 Å². The molecule has 0 saturated carbocycles. The van der Waals surface area contributed by atoms with Gasteiger partial charge in [-0.1, -0.05) is 72.8 Å². The quantitative estimate of drug-likeness (QED) is 0.517. The summed E-state index contributed by atoms with van der Waals surface area (Å²) in [5.41, 5.74) is 3.32. The van der Waals surface area contributed by atoms with E-state index in [-0.39, 0.29) is 11.4 Å². The topological polar surface area (TPSA) is 70.5 Å². The highest BCUT2D eigenvalue weighted by atomic mass is 32.2. The Morgan fingerprint density at radius 1 is 0.875 bits per heavy atom. The van der Waals surface area contributed by atoms with Crippen LogP contribution in [-0.4, -0.2) is 35.0 Å². The van der Waals surface area contributed by atoms with Crippen molar-refractivity contribution in [2.75, 3.05) is 0 Å². The number of aliphatic hydroxyl groups excluding tert-OH is 1. The molecule has 5 rings (SSSR count). The van der Waals surface area contributed by atoms with Gasteiger partial charge in [0, 0.05) is 24.5 Å². The lowest BCUT2D eigenvalue weighted by Crippen LogP contribution is -2.47. The largest absolute Gasteiger partial charge is 0.391 e. The molecule has 4 aromatic rings. The lowest BCUT2D eigenvalue weighted by Gasteiger charge is -2.32. The Labute approximate surface area is 188 Å². The highest BCUT2D eigenvalue weighted by Gasteiger charge is 2.39. The zero-order valence-electron chi connectivity index (χ0n) is 17.5. The van der Waals surface area contributed by atoms with Crippen molar-refractivity contribution >= 4 is 20.9 Å². The normalized spacial score (nSPS) is 19.4. The van der Waals surface area contributed by atoms with Crippen LogP contribution in [0.5, 0.6) is 0 Å². The molecule has 162 valence electrons. The monoisotopic (exact) mass is 444 g/mol. The summed E-state index contributed by atoms with van der Waals surface area (Å²) in [5.74, 6) is 0. The molecule has 6 heteroatoms. The third-order valence-electron chi connectivity index (χ3n) is 6.16. The second-order valence-electron chi connectivity index (χ2n) is 8.18. The molecular weight excluding hydrogens is 420 g/mol. The molecule has 0 radical (unpaired) electrons. The first-order chi connectivity index (χ1) is 15.5. The van der Waals surface area contributed by atoms with Gasteiger partial charge < -0.3 is 5.11 Å². The number of hydrogen-bond donors (Lipinski definition) is 1. The van der Waals surface area contributed by atoms with Crippen molar-refractivity contribution in [2.24, 2.45) is 0 Å². The maximum Gasteiger partial charge on any atom is 0.245 e. The summed E-state index contributed by atoms with van der Waals surface area (Å²) in [7, 11) is -3.95. The van der Waals surface area contributed by atoms with Crippen LogP contribution in [0, 0.1) is 0 Å². The fourth-order valence-electron chi connectivity index (χ4n) is 4.52. The number of fused-ring (bicyclic) bond motifs is 2. The predicted octanol–water partition coefficient (Wildman–Crippen LogP) is 3.95. The molecule has 1 N–H and O–H groups in total. The van der Waals surface area contributed by atoms with Crippen molar-refractivity contribution in [1.82, 2.24) is 9.29 Å². The highest BCUT2D eigenvalue weighted by Crippen LogP contribution is 2.32. The molecule has 5 nitrogen and oxygen atoms in total. The Morgan fingerprint density at radius 3 is 2.41 bits per heavy atom. The molecule has 0 fully saturated rings. The van der Waals surface area contributed by atoms with E-state index in [1.54, 1.807) is 24.4 Å². The Kier molecular flexibility index (Phi) is 5.51. The fraction of sp³-hybridized carbons (Fsp3) is 0.192. The molecule has 0 saturated heterocycles. The van der Waals surface area contributed by atoms with Gasteiger partial charge in [-0.2, -0.15) is 4.31 Å². The molecule has 0 aliphatic carbocycles. The molecular formula is C26H24N2O3S. The second kappa shape index (κ2) is 8.47. The number of rotatable bonds is 4. The summed E-state index contributed by atoms with van der Waals surface area (Å²) < 4.78 is 29.6. The number of sulfonamides is 1. The van der Waals surface area contributed by atoms with E-state index >= 15 is 0 Å². The molecule has 1 aliphatic rings. The molecule has 1 aromatic heterocycles. The van der Waals surface area contributed by atoms with E-state index in [1.807, 2.05) is 66.7 Å². The molecule has 2 heterocycles. The fourth-order valence-corrected chi connectivity index (χ4v) is 6.32. The number of hydrogen-bond acceptors (Lipinski definition) is 4. The summed E-state index contributed by atoms with van der Waals surface area (Å²) in [6, 6.07) is 25.7. The zero-order valence-corrected chi connectivity index (χ0v) is 18.3. The van der Waals surface area contributed by atoms with E-state index in [0.29, 0.717) is 18.4 Å². The van der Waals surface area contributed by atoms with Gasteiger partial charge in [0.25, 0.3) is 0 Å². The van der Waals surface area contributed by atoms with E-state index < -0.39 is 22.2 Å². The average molecular weight is 445 g/mol. The minimum atomic E-state index is -3.95. The number of benzene rings is 3. The van der Waals surface area contributed by atoms with E-state index in [0.717, 1.165) is 22.1 Å². The van der Waals surface area contributed by atoms with Crippen LogP contribution in [0.1, 0.15) is 16.7 Å². The minimum Gasteiger partial charge on any atom is -0.391 e. The summed E-state index contributed by atoms with van der Waals surface area (Å²) in [6.07, 6.45) is 1.60. The van der Waals surface area contributed by atoms with E-state index in [4.69, 9.17) is 0 Å². The van der Waals surface area contributed by atoms with Crippen molar-refractivity contribution < 1.29 is 13.5 Å². The Bertz CT molecular complexity index is 1350. The summed E-state index contributed by atoms with van der Waals surface area (Å²) in [5, 5.41) is 12.0. The van der Waals surface area contributed by atoms with Crippen LogP contribution in [0.2, 0.25) is 0 Å². The van der Waals surface area contributed by atoms with Crippen molar-refractivity contribution in [3.63, 3.8) is 0 Å². The standard InChI is InChI=1S/C26H24N2O3S/c29-24-17-21-10-4-5-11-22(21)18-28(23(24)16-19-8-2-1-3-9-19)32(30,31)25-14-6-12-20-13-7-15-27-26(20)25/h1-15,23-24,29H,16-18H2/t23-,24+/m1/s1. The summed E-state index contributed by atoms with van der Waals surface area (Å²) in [4.78, 5) is 4.54. The van der Waals surface area contributed by atoms with Gasteiger partial charge in [-0.25, -0.2) is 8.42 Å². The van der Waals surface area contributed by atoms with E-state index in [2.05, 4.69) is 4.98 Å². The molecule has 0 bridgehead atoms. The first-order valence-corrected chi connectivity index (χ1v) is 12.1. The minimum absolute atomic E-state index is 0.167. The van der Waals surface area contributed by atoms with Gasteiger partial charge in [-0.05, 0) is 35.2 Å². The van der Waals surface area contributed by atoms with Crippen LogP contribution < -0.4 is 0 Å². The molecule has 0 spiro atoms. The van der Waals surface area contributed by atoms with Crippen LogP contribution in [-0.2, 0) is 29.4 Å². The van der Waals surface area contributed by atoms with Gasteiger partial charge in [-0.3, -0.25) is 4.98 Å². The number of aromatic nitrogens is 1. The van der Waals surface area contributed by atoms with Crippen LogP contribution in [0.4, 0.5) is 0 Å². The lowest BCUT2D eigenvalue weighted by molar-refractivity contribution is 0.0926. The lowest BCUT2D eigenvalue weighted by atomic mass is 9.97. The van der Waals surface area contributed by atoms with Crippen LogP contribution in [0.15, 0.2) is 96.0 Å². The maximum absolute atomic E-state index is 14.1. The highest BCUT2D eigenvalue weighted by molar-refractivity contribution is 7.89. The van der Waals surface area contributed by atoms with E-state index in [1.165, 1.54) is 4.31 Å². The molecule has 2 atom stereocenters. The van der Waals surface area contributed by atoms with Crippen LogP contribution in [0.25, 0.3) is 10.9 Å². The smallest absolute Gasteiger partial charge is 0.245 e. The third kappa shape index (κ3) is 3.81. The third-order valence-corrected chi connectivity index (χ3v) is 8.06. The van der Waals surface area contributed by atoms with Crippen molar-refractivity contribution in [1.29, 1.82) is 0 Å². The Balaban J connectivity index is 1.66. The molecule has 32 heavy (non-hydrogen) atoms. The number of para-hydroxylation sites is 1. The van der Waals surface area contributed by atoms with Crippen molar-refractivity contribution in [3.05, 3.63) is 108 Å². The van der Waals surface area contributed by atoms with Crippen molar-refractivity contribution in [3.8, 4) is 0 Å². The van der Waals surface area contributed by atoms with E-state index in [9.17, 15) is 13.5 Å². The Hall–Kier alpha value is -3.06. The maximum atomic E-state index is 14.1. The summed E-state index contributed by atoms with van der Waals surface area (Å²) >= 11 is 0. The summed E-state index contributed by atoms with van der Waals surface area (Å²) in [6.45, 7) is 0.205. The molecule has 0 unspecified atom stereocenters. The second-order valence-corrected chi connectivity index (χ2v) is 10.0. The number of pyridine rings is 1. The van der Waals surface area contributed by atoms with Gasteiger partial charge in [-0.15, -0.1) is 0 Å². The van der Waals surface area contributed by atoms with Crippen LogP contribution >= 0.6 is 0 Å². The predicted molar refractivity (Wildman–Crippen MR) is 125 cm³/mol. The SMILES string of the molecule is O=S(=O)(c1cccc2cccnc12)N1Cc2ccccc2C[C@H](O)[C@H]1Cc1ccccc1. The Morgan fingerprint density at radius 2 is 1.59 bits per heavy atom. The molecule has 1 aliphatic heterocycles. The first-order valence-electron chi connectivity index (χ1n) is 10.7. The molecule has 3 aromatic carbocycles. The first kappa shape index (κ1) is 20.8.